The van der Waals surface area contributed by atoms with Gasteiger partial charge in [0.1, 0.15) is 10.8 Å². The zero-order valence-corrected chi connectivity index (χ0v) is 14.7. The molecule has 0 saturated heterocycles. The van der Waals surface area contributed by atoms with Gasteiger partial charge in [-0.3, -0.25) is 9.00 Å². The normalized spacial score (nSPS) is 22.5. The third-order valence-corrected chi connectivity index (χ3v) is 5.40. The van der Waals surface area contributed by atoms with Gasteiger partial charge >= 0.3 is 0 Å². The topological polar surface area (TPSA) is 68.3 Å². The Hall–Kier alpha value is -1.27. The van der Waals surface area contributed by atoms with E-state index < -0.39 is 10.8 Å². The maximum atomic E-state index is 12.0. The highest BCUT2D eigenvalue weighted by Crippen LogP contribution is 2.25. The third-order valence-electron chi connectivity index (χ3n) is 4.17. The molecule has 0 aliphatic heterocycles. The summed E-state index contributed by atoms with van der Waals surface area (Å²) in [5.74, 6) is 0.307. The number of carbonyl (C=O) groups excluding carboxylic acids is 1. The minimum Gasteiger partial charge on any atom is -0.376 e. The van der Waals surface area contributed by atoms with E-state index in [-0.39, 0.29) is 11.7 Å². The number of nitrogens with zero attached hydrogens (tertiary/aromatic N) is 1. The van der Waals surface area contributed by atoms with E-state index in [0.29, 0.717) is 30.2 Å². The van der Waals surface area contributed by atoms with Crippen molar-refractivity contribution in [2.24, 2.45) is 5.92 Å². The van der Waals surface area contributed by atoms with Gasteiger partial charge in [0.2, 0.25) is 5.91 Å². The molecule has 0 radical (unpaired) electrons. The number of pyridine rings is 1. The molecule has 1 aliphatic rings. The summed E-state index contributed by atoms with van der Waals surface area (Å²) in [6.45, 7) is 5.11. The van der Waals surface area contributed by atoms with E-state index in [1.54, 1.807) is 12.3 Å². The van der Waals surface area contributed by atoms with Gasteiger partial charge in [0.05, 0.1) is 23.5 Å². The lowest BCUT2D eigenvalue weighted by Gasteiger charge is -2.28. The van der Waals surface area contributed by atoms with Gasteiger partial charge in [-0.25, -0.2) is 4.98 Å². The molecule has 0 unspecified atom stereocenters. The molecule has 1 saturated carbocycles. The van der Waals surface area contributed by atoms with Crippen molar-refractivity contribution in [1.29, 1.82) is 0 Å². The summed E-state index contributed by atoms with van der Waals surface area (Å²) in [5.41, 5.74) is 1.00. The van der Waals surface area contributed by atoms with E-state index >= 15 is 0 Å². The first kappa shape index (κ1) is 18.1. The third kappa shape index (κ3) is 6.03. The average Bonchev–Trinajstić information content (AvgIpc) is 2.53. The van der Waals surface area contributed by atoms with Crippen LogP contribution in [0.5, 0.6) is 0 Å². The zero-order valence-electron chi connectivity index (χ0n) is 13.9. The van der Waals surface area contributed by atoms with Crippen LogP contribution in [0.3, 0.4) is 0 Å². The van der Waals surface area contributed by atoms with Crippen molar-refractivity contribution in [3.8, 4) is 0 Å². The largest absolute Gasteiger partial charge is 0.376 e. The van der Waals surface area contributed by atoms with E-state index in [2.05, 4.69) is 17.2 Å². The molecule has 0 aromatic carbocycles. The fourth-order valence-electron chi connectivity index (χ4n) is 2.76. The number of hydrogen-bond acceptors (Lipinski definition) is 4. The summed E-state index contributed by atoms with van der Waals surface area (Å²) >= 11 is 0. The molecule has 1 aliphatic carbocycles. The van der Waals surface area contributed by atoms with Crippen LogP contribution in [0, 0.1) is 12.8 Å². The minimum absolute atomic E-state index is 0.0596. The van der Waals surface area contributed by atoms with Gasteiger partial charge in [-0.1, -0.05) is 25.8 Å². The van der Waals surface area contributed by atoms with E-state index in [4.69, 9.17) is 4.74 Å². The molecule has 1 aromatic heterocycles. The van der Waals surface area contributed by atoms with Crippen molar-refractivity contribution < 1.29 is 13.7 Å². The number of aromatic nitrogens is 1. The zero-order chi connectivity index (χ0) is 16.7. The number of amides is 1. The molecule has 1 aromatic rings. The molecule has 0 spiro atoms. The van der Waals surface area contributed by atoms with Crippen LogP contribution in [0.2, 0.25) is 0 Å². The first-order valence-electron chi connectivity index (χ1n) is 8.25. The molecule has 1 N–H and O–H groups in total. The minimum atomic E-state index is -1.40. The standard InChI is InChI=1S/C17H26N2O3S/c1-13-7-8-17(19-11-13)23(21)12-16(20)18-9-10-22-15-6-4-3-5-14(15)2/h7-8,11,14-15H,3-6,9-10,12H2,1-2H3,(H,18,20)/t14-,15+,23-/m0/s1. The second kappa shape index (κ2) is 9.13. The number of aryl methyl sites for hydroxylation is 1. The molecule has 6 heteroatoms. The van der Waals surface area contributed by atoms with Crippen molar-refractivity contribution in [3.05, 3.63) is 23.9 Å². The van der Waals surface area contributed by atoms with E-state index in [9.17, 15) is 9.00 Å². The van der Waals surface area contributed by atoms with Gasteiger partial charge in [0.15, 0.2) is 0 Å². The Kier molecular flexibility index (Phi) is 7.17. The lowest BCUT2D eigenvalue weighted by molar-refractivity contribution is -0.119. The van der Waals surface area contributed by atoms with Gasteiger partial charge < -0.3 is 10.1 Å². The highest BCUT2D eigenvalue weighted by atomic mass is 32.2. The van der Waals surface area contributed by atoms with Crippen LogP contribution in [0.15, 0.2) is 23.4 Å². The predicted molar refractivity (Wildman–Crippen MR) is 90.6 cm³/mol. The lowest BCUT2D eigenvalue weighted by atomic mass is 9.88. The molecule has 5 nitrogen and oxygen atoms in total. The molecule has 1 amide bonds. The van der Waals surface area contributed by atoms with Gasteiger partial charge in [0.25, 0.3) is 0 Å². The molecule has 23 heavy (non-hydrogen) atoms. The number of hydrogen-bond donors (Lipinski definition) is 1. The molecule has 1 fully saturated rings. The summed E-state index contributed by atoms with van der Waals surface area (Å²) in [6.07, 6.45) is 6.81. The summed E-state index contributed by atoms with van der Waals surface area (Å²) in [7, 11) is -1.40. The molecule has 2 rings (SSSR count). The number of rotatable bonds is 7. The maximum absolute atomic E-state index is 12.0. The fraction of sp³-hybridized carbons (Fsp3) is 0.647. The molecule has 1 heterocycles. The van der Waals surface area contributed by atoms with Crippen LogP contribution in [-0.2, 0) is 20.3 Å². The van der Waals surface area contributed by atoms with E-state index in [1.807, 2.05) is 13.0 Å². The number of ether oxygens (including phenoxy) is 1. The molecular weight excluding hydrogens is 312 g/mol. The van der Waals surface area contributed by atoms with E-state index in [1.165, 1.54) is 19.3 Å². The Morgan fingerprint density at radius 3 is 2.87 bits per heavy atom. The van der Waals surface area contributed by atoms with Crippen molar-refractivity contribution in [2.75, 3.05) is 18.9 Å². The summed E-state index contributed by atoms with van der Waals surface area (Å²) in [4.78, 5) is 15.9. The van der Waals surface area contributed by atoms with Crippen molar-refractivity contribution in [1.82, 2.24) is 10.3 Å². The SMILES string of the molecule is Cc1ccc([S@@](=O)CC(=O)NCCO[C@@H]2CCCC[C@@H]2C)nc1. The number of nitrogens with one attached hydrogen (secondary N) is 1. The Balaban J connectivity index is 1.64. The smallest absolute Gasteiger partial charge is 0.233 e. The number of carbonyl (C=O) groups is 1. The van der Waals surface area contributed by atoms with Crippen LogP contribution in [0.25, 0.3) is 0 Å². The molecule has 3 atom stereocenters. The van der Waals surface area contributed by atoms with Crippen LogP contribution < -0.4 is 5.32 Å². The summed E-state index contributed by atoms with van der Waals surface area (Å²) in [6, 6.07) is 3.55. The Morgan fingerprint density at radius 2 is 2.17 bits per heavy atom. The van der Waals surface area contributed by atoms with Crippen LogP contribution in [0.1, 0.15) is 38.2 Å². The van der Waals surface area contributed by atoms with Crippen LogP contribution >= 0.6 is 0 Å². The summed E-state index contributed by atoms with van der Waals surface area (Å²) < 4.78 is 17.9. The maximum Gasteiger partial charge on any atom is 0.233 e. The van der Waals surface area contributed by atoms with Gasteiger partial charge in [-0.15, -0.1) is 0 Å². The van der Waals surface area contributed by atoms with Gasteiger partial charge in [-0.2, -0.15) is 0 Å². The van der Waals surface area contributed by atoms with Gasteiger partial charge in [-0.05, 0) is 37.3 Å². The average molecular weight is 338 g/mol. The molecule has 0 bridgehead atoms. The monoisotopic (exact) mass is 338 g/mol. The van der Waals surface area contributed by atoms with E-state index in [0.717, 1.165) is 12.0 Å². The highest BCUT2D eigenvalue weighted by molar-refractivity contribution is 7.85. The van der Waals surface area contributed by atoms with Crippen molar-refractivity contribution in [3.63, 3.8) is 0 Å². The second-order valence-electron chi connectivity index (χ2n) is 6.18. The Morgan fingerprint density at radius 1 is 1.39 bits per heavy atom. The quantitative estimate of drug-likeness (QED) is 0.774. The Bertz CT molecular complexity index is 533. The van der Waals surface area contributed by atoms with Crippen LogP contribution in [-0.4, -0.2) is 40.1 Å². The fourth-order valence-corrected chi connectivity index (χ4v) is 3.64. The van der Waals surface area contributed by atoms with Gasteiger partial charge in [0, 0.05) is 12.7 Å². The second-order valence-corrected chi connectivity index (χ2v) is 7.58. The van der Waals surface area contributed by atoms with Crippen molar-refractivity contribution in [2.45, 2.75) is 50.7 Å². The van der Waals surface area contributed by atoms with Crippen molar-refractivity contribution >= 4 is 16.7 Å². The summed E-state index contributed by atoms with van der Waals surface area (Å²) in [5, 5.41) is 3.21. The lowest BCUT2D eigenvalue weighted by Crippen LogP contribution is -2.34. The first-order valence-corrected chi connectivity index (χ1v) is 9.57. The highest BCUT2D eigenvalue weighted by Gasteiger charge is 2.21. The predicted octanol–water partition coefficient (Wildman–Crippen LogP) is 2.21. The first-order chi connectivity index (χ1) is 11.1. The Labute approximate surface area is 140 Å². The molecular formula is C17H26N2O3S. The molecule has 128 valence electrons. The van der Waals surface area contributed by atoms with Crippen LogP contribution in [0.4, 0.5) is 0 Å².